The van der Waals surface area contributed by atoms with Crippen molar-refractivity contribution in [2.45, 2.75) is 19.9 Å². The minimum Gasteiger partial charge on any atom is -0.332 e. The van der Waals surface area contributed by atoms with Crippen molar-refractivity contribution in [2.24, 2.45) is 5.92 Å². The van der Waals surface area contributed by atoms with Crippen LogP contribution in [0.4, 0.5) is 14.5 Å². The molecular formula is C18H21F2N2O+. The first-order valence-electron chi connectivity index (χ1n) is 7.60. The Bertz CT molecular complexity index is 659. The van der Waals surface area contributed by atoms with Crippen LogP contribution >= 0.6 is 0 Å². The van der Waals surface area contributed by atoms with Crippen LogP contribution in [0.1, 0.15) is 25.5 Å². The van der Waals surface area contributed by atoms with Gasteiger partial charge in [-0.15, -0.1) is 0 Å². The van der Waals surface area contributed by atoms with Gasteiger partial charge in [-0.1, -0.05) is 44.2 Å². The topological polar surface area (TPSA) is 45.7 Å². The summed E-state index contributed by atoms with van der Waals surface area (Å²) in [6, 6.07) is 13.0. The number of carbonyl (C=O) groups is 1. The molecule has 0 fully saturated rings. The average Bonchev–Trinajstić information content (AvgIpc) is 2.52. The predicted molar refractivity (Wildman–Crippen MR) is 85.8 cm³/mol. The van der Waals surface area contributed by atoms with E-state index in [-0.39, 0.29) is 24.2 Å². The molecule has 0 unspecified atom stereocenters. The Kier molecular flexibility index (Phi) is 5.82. The normalized spacial score (nSPS) is 12.2. The number of carbonyl (C=O) groups excluding carboxylic acids is 1. The summed E-state index contributed by atoms with van der Waals surface area (Å²) in [5.41, 5.74) is 0.997. The smallest absolute Gasteiger partial charge is 0.279 e. The Morgan fingerprint density at radius 2 is 1.83 bits per heavy atom. The maximum Gasteiger partial charge on any atom is 0.279 e. The monoisotopic (exact) mass is 319 g/mol. The molecule has 0 aromatic heterocycles. The van der Waals surface area contributed by atoms with Gasteiger partial charge in [-0.3, -0.25) is 4.79 Å². The summed E-state index contributed by atoms with van der Waals surface area (Å²) in [6.07, 6.45) is 0. The molecule has 0 aliphatic carbocycles. The Morgan fingerprint density at radius 3 is 2.48 bits per heavy atom. The van der Waals surface area contributed by atoms with Gasteiger partial charge in [0.2, 0.25) is 0 Å². The van der Waals surface area contributed by atoms with Gasteiger partial charge in [0.05, 0.1) is 5.69 Å². The zero-order valence-electron chi connectivity index (χ0n) is 13.2. The largest absolute Gasteiger partial charge is 0.332 e. The van der Waals surface area contributed by atoms with Crippen LogP contribution in [0.25, 0.3) is 0 Å². The fourth-order valence-electron chi connectivity index (χ4n) is 2.50. The quantitative estimate of drug-likeness (QED) is 0.845. The summed E-state index contributed by atoms with van der Waals surface area (Å²) >= 11 is 0. The molecule has 1 amide bonds. The minimum absolute atomic E-state index is 0.124. The summed E-state index contributed by atoms with van der Waals surface area (Å²) < 4.78 is 26.6. The van der Waals surface area contributed by atoms with Crippen LogP contribution in [0.5, 0.6) is 0 Å². The highest BCUT2D eigenvalue weighted by Crippen LogP contribution is 2.17. The second kappa shape index (κ2) is 7.83. The number of hydrogen-bond donors (Lipinski definition) is 2. The molecule has 122 valence electrons. The molecule has 0 saturated carbocycles. The summed E-state index contributed by atoms with van der Waals surface area (Å²) in [5.74, 6) is -1.27. The number of anilines is 1. The van der Waals surface area contributed by atoms with Crippen molar-refractivity contribution in [1.29, 1.82) is 0 Å². The number of nitrogens with one attached hydrogen (secondary N) is 1. The van der Waals surface area contributed by atoms with E-state index in [4.69, 9.17) is 0 Å². The number of rotatable bonds is 6. The fraction of sp³-hybridized carbons (Fsp3) is 0.278. The first-order valence-corrected chi connectivity index (χ1v) is 7.60. The first-order chi connectivity index (χ1) is 11.0. The number of amides is 1. The van der Waals surface area contributed by atoms with Gasteiger partial charge in [-0.25, -0.2) is 8.78 Å². The molecule has 0 aliphatic heterocycles. The zero-order valence-corrected chi connectivity index (χ0v) is 13.2. The lowest BCUT2D eigenvalue weighted by atomic mass is 9.96. The lowest BCUT2D eigenvalue weighted by Gasteiger charge is -2.19. The van der Waals surface area contributed by atoms with E-state index in [1.807, 2.05) is 35.6 Å². The van der Waals surface area contributed by atoms with Crippen molar-refractivity contribution < 1.29 is 18.9 Å². The van der Waals surface area contributed by atoms with E-state index in [2.05, 4.69) is 19.2 Å². The highest BCUT2D eigenvalue weighted by Gasteiger charge is 2.20. The van der Waals surface area contributed by atoms with Crippen molar-refractivity contribution >= 4 is 11.6 Å². The van der Waals surface area contributed by atoms with Crippen molar-refractivity contribution in [1.82, 2.24) is 0 Å². The summed E-state index contributed by atoms with van der Waals surface area (Å²) in [4.78, 5) is 12.0. The molecular weight excluding hydrogens is 298 g/mol. The maximum atomic E-state index is 13.5. The van der Waals surface area contributed by atoms with Gasteiger partial charge in [-0.2, -0.15) is 0 Å². The summed E-state index contributed by atoms with van der Waals surface area (Å²) in [5, 5.41) is 4.32. The average molecular weight is 319 g/mol. The van der Waals surface area contributed by atoms with Gasteiger partial charge < -0.3 is 10.6 Å². The van der Waals surface area contributed by atoms with Crippen molar-refractivity contribution in [2.75, 3.05) is 11.9 Å². The van der Waals surface area contributed by atoms with E-state index in [0.717, 1.165) is 23.8 Å². The Balaban J connectivity index is 1.98. The molecule has 0 heterocycles. The van der Waals surface area contributed by atoms with Crippen LogP contribution in [-0.2, 0) is 4.79 Å². The van der Waals surface area contributed by atoms with E-state index in [1.165, 1.54) is 0 Å². The van der Waals surface area contributed by atoms with Gasteiger partial charge >= 0.3 is 0 Å². The SMILES string of the molecule is CC(C)[C@@H]([NH2+]CC(=O)Nc1cc(F)ccc1F)c1ccccc1. The van der Waals surface area contributed by atoms with Gasteiger partial charge in [0, 0.05) is 17.5 Å². The molecule has 0 aliphatic rings. The summed E-state index contributed by atoms with van der Waals surface area (Å²) in [6.45, 7) is 4.30. The Hall–Kier alpha value is -2.27. The van der Waals surface area contributed by atoms with E-state index in [1.54, 1.807) is 0 Å². The third-order valence-corrected chi connectivity index (χ3v) is 3.66. The van der Waals surface area contributed by atoms with Crippen LogP contribution in [0.3, 0.4) is 0 Å². The molecule has 3 N–H and O–H groups in total. The molecule has 0 saturated heterocycles. The lowest BCUT2D eigenvalue weighted by Crippen LogP contribution is -2.88. The number of nitrogens with two attached hydrogens (primary N) is 1. The second-order valence-corrected chi connectivity index (χ2v) is 5.79. The van der Waals surface area contributed by atoms with E-state index in [0.29, 0.717) is 5.92 Å². The van der Waals surface area contributed by atoms with Gasteiger partial charge in [-0.05, 0) is 12.1 Å². The molecule has 2 aromatic carbocycles. The van der Waals surface area contributed by atoms with Crippen LogP contribution in [0, 0.1) is 17.6 Å². The minimum atomic E-state index is -0.650. The molecule has 3 nitrogen and oxygen atoms in total. The van der Waals surface area contributed by atoms with Gasteiger partial charge in [0.25, 0.3) is 5.91 Å². The second-order valence-electron chi connectivity index (χ2n) is 5.79. The fourth-order valence-corrected chi connectivity index (χ4v) is 2.50. The van der Waals surface area contributed by atoms with Crippen LogP contribution in [0.2, 0.25) is 0 Å². The molecule has 0 spiro atoms. The number of hydrogen-bond acceptors (Lipinski definition) is 1. The van der Waals surface area contributed by atoms with Gasteiger partial charge in [0.15, 0.2) is 6.54 Å². The molecule has 2 aromatic rings. The Labute approximate surface area is 134 Å². The third kappa shape index (κ3) is 4.86. The van der Waals surface area contributed by atoms with Crippen molar-refractivity contribution in [3.05, 3.63) is 65.7 Å². The van der Waals surface area contributed by atoms with Gasteiger partial charge in [0.1, 0.15) is 17.7 Å². The zero-order chi connectivity index (χ0) is 16.8. The highest BCUT2D eigenvalue weighted by molar-refractivity contribution is 5.91. The van der Waals surface area contributed by atoms with Crippen molar-refractivity contribution in [3.8, 4) is 0 Å². The molecule has 0 radical (unpaired) electrons. The molecule has 0 bridgehead atoms. The Morgan fingerprint density at radius 1 is 1.13 bits per heavy atom. The van der Waals surface area contributed by atoms with Crippen molar-refractivity contribution in [3.63, 3.8) is 0 Å². The first kappa shape index (κ1) is 17.1. The third-order valence-electron chi connectivity index (χ3n) is 3.66. The molecule has 5 heteroatoms. The summed E-state index contributed by atoms with van der Waals surface area (Å²) in [7, 11) is 0. The standard InChI is InChI=1S/C18H20F2N2O/c1-12(2)18(13-6-4-3-5-7-13)21-11-17(23)22-16-10-14(19)8-9-15(16)20/h3-10,12,18,21H,11H2,1-2H3,(H,22,23)/p+1/t18-/m1/s1. The lowest BCUT2D eigenvalue weighted by molar-refractivity contribution is -0.692. The maximum absolute atomic E-state index is 13.5. The van der Waals surface area contributed by atoms with Crippen LogP contribution in [-0.4, -0.2) is 12.5 Å². The highest BCUT2D eigenvalue weighted by atomic mass is 19.1. The number of halogens is 2. The molecule has 23 heavy (non-hydrogen) atoms. The van der Waals surface area contributed by atoms with Crippen LogP contribution < -0.4 is 10.6 Å². The van der Waals surface area contributed by atoms with E-state index >= 15 is 0 Å². The number of quaternary nitrogens is 1. The predicted octanol–water partition coefficient (Wildman–Crippen LogP) is 2.86. The van der Waals surface area contributed by atoms with Crippen LogP contribution in [0.15, 0.2) is 48.5 Å². The van der Waals surface area contributed by atoms with E-state index in [9.17, 15) is 13.6 Å². The molecule has 1 atom stereocenters. The molecule has 2 rings (SSSR count). The number of benzene rings is 2. The van der Waals surface area contributed by atoms with E-state index < -0.39 is 11.6 Å².